The molecule has 0 saturated carbocycles. The van der Waals surface area contributed by atoms with Gasteiger partial charge in [-0.1, -0.05) is 48.6 Å². The molecule has 0 nitrogen and oxygen atoms in total. The lowest BCUT2D eigenvalue weighted by Gasteiger charge is -2.31. The second kappa shape index (κ2) is 4.06. The average molecular weight is 242 g/mol. The van der Waals surface area contributed by atoms with Crippen LogP contribution < -0.4 is 0 Å². The van der Waals surface area contributed by atoms with Gasteiger partial charge in [0.2, 0.25) is 0 Å². The van der Waals surface area contributed by atoms with Crippen LogP contribution in [0.2, 0.25) is 0 Å². The molecule has 0 bridgehead atoms. The van der Waals surface area contributed by atoms with Gasteiger partial charge < -0.3 is 0 Å². The van der Waals surface area contributed by atoms with Crippen molar-refractivity contribution >= 4 is 33.9 Å². The third-order valence-electron chi connectivity index (χ3n) is 3.00. The van der Waals surface area contributed by atoms with Crippen molar-refractivity contribution in [3.05, 3.63) is 59.7 Å². The number of benzene rings is 1. The molecule has 0 fully saturated rings. The van der Waals surface area contributed by atoms with E-state index in [2.05, 4.69) is 53.6 Å². The number of hydrogen-bond donors (Lipinski definition) is 0. The molecule has 2 unspecified atom stereocenters. The van der Waals surface area contributed by atoms with E-state index in [1.165, 1.54) is 11.1 Å². The Morgan fingerprint density at radius 1 is 1.12 bits per heavy atom. The van der Waals surface area contributed by atoms with Crippen molar-refractivity contribution in [2.45, 2.75) is 11.2 Å². The first-order chi connectivity index (χ1) is 7.90. The highest BCUT2D eigenvalue weighted by Gasteiger charge is 2.30. The number of thioether (sulfide) groups is 1. The normalized spacial score (nSPS) is 25.9. The maximum absolute atomic E-state index is 4.99. The monoisotopic (exact) mass is 242 g/mol. The predicted molar refractivity (Wildman–Crippen MR) is 74.8 cm³/mol. The predicted octanol–water partition coefficient (Wildman–Crippen LogP) is 3.95. The summed E-state index contributed by atoms with van der Waals surface area (Å²) in [4.78, 5) is 1.10. The van der Waals surface area contributed by atoms with E-state index in [1.54, 1.807) is 0 Å². The van der Waals surface area contributed by atoms with Crippen LogP contribution in [0.25, 0.3) is 4.91 Å². The fraction of sp³-hybridized carbons (Fsp3) is 0.143. The fourth-order valence-electron chi connectivity index (χ4n) is 2.25. The Balaban J connectivity index is 2.21. The Kier molecular flexibility index (Phi) is 2.56. The summed E-state index contributed by atoms with van der Waals surface area (Å²) in [6, 6.07) is 8.50. The molecule has 2 atom stereocenters. The molecule has 78 valence electrons. The van der Waals surface area contributed by atoms with Crippen LogP contribution in [0, 0.1) is 0 Å². The Morgan fingerprint density at radius 3 is 2.81 bits per heavy atom. The van der Waals surface area contributed by atoms with Crippen LogP contribution in [0.1, 0.15) is 17.0 Å². The molecule has 0 N–H and O–H groups in total. The van der Waals surface area contributed by atoms with Crippen molar-refractivity contribution in [3.63, 3.8) is 0 Å². The maximum Gasteiger partial charge on any atom is 0.0690 e. The van der Waals surface area contributed by atoms with Crippen molar-refractivity contribution < 1.29 is 0 Å². The van der Waals surface area contributed by atoms with Crippen molar-refractivity contribution in [2.24, 2.45) is 0 Å². The van der Waals surface area contributed by atoms with E-state index in [0.717, 1.165) is 4.91 Å². The Morgan fingerprint density at radius 2 is 1.94 bits per heavy atom. The van der Waals surface area contributed by atoms with Gasteiger partial charge in [-0.2, -0.15) is 0 Å². The second-order valence-electron chi connectivity index (χ2n) is 3.90. The molecule has 1 aliphatic heterocycles. The molecule has 0 amide bonds. The van der Waals surface area contributed by atoms with E-state index in [-0.39, 0.29) is 0 Å². The van der Waals surface area contributed by atoms with Crippen molar-refractivity contribution in [1.82, 2.24) is 0 Å². The minimum absolute atomic E-state index is 0.477. The van der Waals surface area contributed by atoms with Gasteiger partial charge in [0.1, 0.15) is 0 Å². The molecule has 1 aliphatic carbocycles. The Hall–Kier alpha value is -1.08. The highest BCUT2D eigenvalue weighted by molar-refractivity contribution is 8.10. The molecule has 0 spiro atoms. The Labute approximate surface area is 105 Å². The summed E-state index contributed by atoms with van der Waals surface area (Å²) < 4.78 is 0. The molecule has 2 heteroatoms. The molecule has 16 heavy (non-hydrogen) atoms. The van der Waals surface area contributed by atoms with E-state index in [1.807, 2.05) is 11.8 Å². The van der Waals surface area contributed by atoms with Gasteiger partial charge in [-0.3, -0.25) is 0 Å². The van der Waals surface area contributed by atoms with Gasteiger partial charge >= 0.3 is 0 Å². The number of hydrogen-bond acceptors (Lipinski definition) is 2. The minimum atomic E-state index is 0.477. The number of rotatable bonds is 0. The smallest absolute Gasteiger partial charge is 0.0690 e. The summed E-state index contributed by atoms with van der Waals surface area (Å²) in [6.07, 6.45) is 8.77. The molecule has 1 aromatic carbocycles. The van der Waals surface area contributed by atoms with E-state index in [4.69, 9.17) is 12.2 Å². The second-order valence-corrected chi connectivity index (χ2v) is 5.29. The van der Waals surface area contributed by atoms with Gasteiger partial charge in [0.15, 0.2) is 0 Å². The van der Waals surface area contributed by atoms with Crippen LogP contribution in [-0.4, -0.2) is 10.3 Å². The third kappa shape index (κ3) is 1.51. The van der Waals surface area contributed by atoms with Crippen LogP contribution in [0.3, 0.4) is 0 Å². The molecule has 1 heterocycles. The first-order valence-electron chi connectivity index (χ1n) is 5.26. The Bertz CT molecular complexity index is 533. The van der Waals surface area contributed by atoms with E-state index < -0.39 is 0 Å². The lowest BCUT2D eigenvalue weighted by atomic mass is 9.88. The van der Waals surface area contributed by atoms with Crippen LogP contribution in [-0.2, 0) is 0 Å². The maximum atomic E-state index is 4.99. The summed E-state index contributed by atoms with van der Waals surface area (Å²) in [5.74, 6) is 0.485. The SMILES string of the molecule is S=C=C1SC2C=CC=CC2c2ccccc21. The third-order valence-corrected chi connectivity index (χ3v) is 4.61. The molecular weight excluding hydrogens is 232 g/mol. The largest absolute Gasteiger partial charge is 0.108 e. The van der Waals surface area contributed by atoms with Crippen molar-refractivity contribution in [3.8, 4) is 0 Å². The van der Waals surface area contributed by atoms with E-state index in [0.29, 0.717) is 11.2 Å². The summed E-state index contributed by atoms with van der Waals surface area (Å²) in [7, 11) is 0. The van der Waals surface area contributed by atoms with Crippen LogP contribution in [0.4, 0.5) is 0 Å². The molecule has 1 aromatic rings. The number of allylic oxidation sites excluding steroid dienone is 3. The fourth-order valence-corrected chi connectivity index (χ4v) is 3.69. The summed E-state index contributed by atoms with van der Waals surface area (Å²) in [6.45, 7) is 0. The quantitative estimate of drug-likeness (QED) is 0.632. The van der Waals surface area contributed by atoms with E-state index >= 15 is 0 Å². The van der Waals surface area contributed by atoms with Crippen LogP contribution in [0.15, 0.2) is 48.6 Å². The summed E-state index contributed by atoms with van der Waals surface area (Å²) >= 11 is 6.81. The number of fused-ring (bicyclic) bond motifs is 3. The average Bonchev–Trinajstić information content (AvgIpc) is 2.38. The lowest BCUT2D eigenvalue weighted by Crippen LogP contribution is -2.19. The highest BCUT2D eigenvalue weighted by atomic mass is 32.2. The highest BCUT2D eigenvalue weighted by Crippen LogP contribution is 2.47. The van der Waals surface area contributed by atoms with Crippen molar-refractivity contribution in [2.75, 3.05) is 0 Å². The number of thiocarbonyl (C=S) groups is 1. The van der Waals surface area contributed by atoms with Gasteiger partial charge in [0, 0.05) is 16.7 Å². The topological polar surface area (TPSA) is 0 Å². The molecule has 2 aliphatic rings. The van der Waals surface area contributed by atoms with Gasteiger partial charge in [0.05, 0.1) is 4.91 Å². The standard InChI is InChI=1S/C14H10S2/c15-9-14-12-7-2-1-5-10(12)11-6-3-4-8-13(11)16-14/h1-8,11,13H. The van der Waals surface area contributed by atoms with Crippen LogP contribution in [0.5, 0.6) is 0 Å². The summed E-state index contributed by atoms with van der Waals surface area (Å²) in [5.41, 5.74) is 2.63. The lowest BCUT2D eigenvalue weighted by molar-refractivity contribution is 0.864. The summed E-state index contributed by atoms with van der Waals surface area (Å²) in [5, 5.41) is 3.38. The van der Waals surface area contributed by atoms with Crippen molar-refractivity contribution in [1.29, 1.82) is 0 Å². The molecular formula is C14H10S2. The van der Waals surface area contributed by atoms with E-state index in [9.17, 15) is 0 Å². The molecule has 0 saturated heterocycles. The zero-order valence-electron chi connectivity index (χ0n) is 8.59. The minimum Gasteiger partial charge on any atom is -0.108 e. The van der Waals surface area contributed by atoms with Gasteiger partial charge in [-0.15, -0.1) is 11.8 Å². The molecule has 0 aromatic heterocycles. The molecule has 3 rings (SSSR count). The van der Waals surface area contributed by atoms with Gasteiger partial charge in [-0.05, 0) is 22.8 Å². The first kappa shape index (κ1) is 10.1. The van der Waals surface area contributed by atoms with Gasteiger partial charge in [-0.25, -0.2) is 0 Å². The molecule has 0 radical (unpaired) electrons. The zero-order chi connectivity index (χ0) is 11.0. The first-order valence-corrected chi connectivity index (χ1v) is 6.55. The van der Waals surface area contributed by atoms with Crippen LogP contribution >= 0.6 is 24.0 Å². The zero-order valence-corrected chi connectivity index (χ0v) is 10.2. The van der Waals surface area contributed by atoms with Gasteiger partial charge in [0.25, 0.3) is 0 Å².